The molecule has 5 heteroatoms. The minimum absolute atomic E-state index is 0.0641. The molecular formula is C17H17FN2OS. The second-order valence-corrected chi connectivity index (χ2v) is 6.43. The van der Waals surface area contributed by atoms with Crippen molar-refractivity contribution in [3.05, 3.63) is 58.7 Å². The van der Waals surface area contributed by atoms with Crippen molar-refractivity contribution in [1.82, 2.24) is 9.88 Å². The molecule has 114 valence electrons. The van der Waals surface area contributed by atoms with Gasteiger partial charge in [0.25, 0.3) is 0 Å². The van der Waals surface area contributed by atoms with E-state index in [0.717, 1.165) is 17.3 Å². The number of halogens is 1. The smallest absolute Gasteiger partial charge is 0.240 e. The molecule has 3 rings (SSSR count). The second kappa shape index (κ2) is 6.32. The summed E-state index contributed by atoms with van der Waals surface area (Å²) in [5.74, 6) is -0.357. The van der Waals surface area contributed by atoms with Crippen molar-refractivity contribution < 1.29 is 9.18 Å². The van der Waals surface area contributed by atoms with Crippen LogP contribution in [-0.4, -0.2) is 16.5 Å². The largest absolute Gasteiger partial charge is 0.352 e. The Kier molecular flexibility index (Phi) is 4.24. The molecule has 0 saturated heterocycles. The van der Waals surface area contributed by atoms with Gasteiger partial charge in [-0.2, -0.15) is 0 Å². The van der Waals surface area contributed by atoms with Crippen LogP contribution in [-0.2, 0) is 17.8 Å². The molecule has 0 bridgehead atoms. The molecule has 1 amide bonds. The van der Waals surface area contributed by atoms with Crippen LogP contribution in [0.1, 0.15) is 11.8 Å². The van der Waals surface area contributed by atoms with Gasteiger partial charge in [-0.3, -0.25) is 4.79 Å². The third-order valence-electron chi connectivity index (χ3n) is 3.54. The maximum Gasteiger partial charge on any atom is 0.240 e. The molecule has 0 aliphatic heterocycles. The number of rotatable bonds is 5. The summed E-state index contributed by atoms with van der Waals surface area (Å²) in [5.41, 5.74) is 0.737. The van der Waals surface area contributed by atoms with Gasteiger partial charge in [-0.15, -0.1) is 11.3 Å². The molecule has 1 atom stereocenters. The van der Waals surface area contributed by atoms with E-state index in [1.54, 1.807) is 22.0 Å². The van der Waals surface area contributed by atoms with Gasteiger partial charge in [0.15, 0.2) is 0 Å². The number of fused-ring (bicyclic) bond motifs is 1. The molecule has 0 aliphatic rings. The Bertz CT molecular complexity index is 779. The van der Waals surface area contributed by atoms with E-state index in [-0.39, 0.29) is 24.3 Å². The lowest BCUT2D eigenvalue weighted by atomic mass is 10.2. The monoisotopic (exact) mass is 316 g/mol. The molecule has 0 aliphatic carbocycles. The molecule has 0 unspecified atom stereocenters. The Labute approximate surface area is 132 Å². The van der Waals surface area contributed by atoms with E-state index in [0.29, 0.717) is 0 Å². The molecular weight excluding hydrogens is 299 g/mol. The Morgan fingerprint density at radius 1 is 1.36 bits per heavy atom. The number of nitrogens with one attached hydrogen (secondary N) is 1. The summed E-state index contributed by atoms with van der Waals surface area (Å²) >= 11 is 1.69. The highest BCUT2D eigenvalue weighted by molar-refractivity contribution is 7.09. The highest BCUT2D eigenvalue weighted by Crippen LogP contribution is 2.17. The summed E-state index contributed by atoms with van der Waals surface area (Å²) in [4.78, 5) is 13.4. The summed E-state index contributed by atoms with van der Waals surface area (Å²) in [6.07, 6.45) is 2.64. The van der Waals surface area contributed by atoms with Gasteiger partial charge >= 0.3 is 0 Å². The highest BCUT2D eigenvalue weighted by Gasteiger charge is 2.11. The number of aromatic nitrogens is 1. The van der Waals surface area contributed by atoms with Crippen LogP contribution in [0.2, 0.25) is 0 Å². The summed E-state index contributed by atoms with van der Waals surface area (Å²) in [6.45, 7) is 2.19. The van der Waals surface area contributed by atoms with E-state index in [1.165, 1.54) is 17.0 Å². The number of benzene rings is 1. The first kappa shape index (κ1) is 14.8. The Hall–Kier alpha value is -2.14. The highest BCUT2D eigenvalue weighted by atomic mass is 32.1. The van der Waals surface area contributed by atoms with Crippen LogP contribution in [0.5, 0.6) is 0 Å². The van der Waals surface area contributed by atoms with E-state index in [9.17, 15) is 9.18 Å². The van der Waals surface area contributed by atoms with Gasteiger partial charge < -0.3 is 9.88 Å². The number of nitrogens with zero attached hydrogens (tertiary/aromatic N) is 1. The summed E-state index contributed by atoms with van der Waals surface area (Å²) in [5, 5.41) is 5.95. The fourth-order valence-corrected chi connectivity index (χ4v) is 3.39. The van der Waals surface area contributed by atoms with Crippen molar-refractivity contribution >= 4 is 28.1 Å². The topological polar surface area (TPSA) is 34.0 Å². The van der Waals surface area contributed by atoms with Gasteiger partial charge in [0, 0.05) is 23.5 Å². The third-order valence-corrected chi connectivity index (χ3v) is 4.44. The zero-order valence-electron chi connectivity index (χ0n) is 12.3. The normalized spacial score (nSPS) is 12.5. The Balaban J connectivity index is 1.64. The lowest BCUT2D eigenvalue weighted by Gasteiger charge is -2.13. The van der Waals surface area contributed by atoms with Crippen LogP contribution in [0.15, 0.2) is 48.0 Å². The number of carbonyl (C=O) groups excluding carboxylic acids is 1. The summed E-state index contributed by atoms with van der Waals surface area (Å²) < 4.78 is 15.1. The molecule has 3 aromatic rings. The molecule has 0 spiro atoms. The standard InChI is InChI=1S/C17H17FN2OS/c1-12(9-15-3-2-8-22-15)19-17(21)11-20-7-6-13-4-5-14(18)10-16(13)20/h2-8,10,12H,9,11H2,1H3,(H,19,21)/t12-/m1/s1. The molecule has 3 nitrogen and oxygen atoms in total. The molecule has 22 heavy (non-hydrogen) atoms. The van der Waals surface area contributed by atoms with Crippen molar-refractivity contribution in [2.24, 2.45) is 0 Å². The zero-order chi connectivity index (χ0) is 15.5. The SMILES string of the molecule is C[C@H](Cc1cccs1)NC(=O)Cn1ccc2ccc(F)cc21. The third kappa shape index (κ3) is 3.36. The van der Waals surface area contributed by atoms with Crippen molar-refractivity contribution in [1.29, 1.82) is 0 Å². The van der Waals surface area contributed by atoms with Crippen LogP contribution >= 0.6 is 11.3 Å². The first-order valence-corrected chi connectivity index (χ1v) is 8.06. The van der Waals surface area contributed by atoms with Gasteiger partial charge in [-0.1, -0.05) is 6.07 Å². The van der Waals surface area contributed by atoms with Crippen LogP contribution in [0, 0.1) is 5.82 Å². The van der Waals surface area contributed by atoms with E-state index < -0.39 is 0 Å². The van der Waals surface area contributed by atoms with Crippen LogP contribution in [0.25, 0.3) is 10.9 Å². The molecule has 2 heterocycles. The maximum absolute atomic E-state index is 13.3. The molecule has 0 saturated carbocycles. The summed E-state index contributed by atoms with van der Waals surface area (Å²) in [7, 11) is 0. The van der Waals surface area contributed by atoms with Crippen molar-refractivity contribution in [3.8, 4) is 0 Å². The number of amides is 1. The first-order chi connectivity index (χ1) is 10.6. The van der Waals surface area contributed by atoms with Gasteiger partial charge in [0.1, 0.15) is 12.4 Å². The lowest BCUT2D eigenvalue weighted by Crippen LogP contribution is -2.36. The van der Waals surface area contributed by atoms with E-state index >= 15 is 0 Å². The second-order valence-electron chi connectivity index (χ2n) is 5.40. The molecule has 0 fully saturated rings. The van der Waals surface area contributed by atoms with Crippen LogP contribution < -0.4 is 5.32 Å². The minimum atomic E-state index is -0.293. The maximum atomic E-state index is 13.3. The van der Waals surface area contributed by atoms with Crippen molar-refractivity contribution in [3.63, 3.8) is 0 Å². The average molecular weight is 316 g/mol. The van der Waals surface area contributed by atoms with Gasteiger partial charge in [0.05, 0.1) is 5.52 Å². The predicted molar refractivity (Wildman–Crippen MR) is 87.5 cm³/mol. The number of carbonyl (C=O) groups is 1. The van der Waals surface area contributed by atoms with Crippen LogP contribution in [0.3, 0.4) is 0 Å². The minimum Gasteiger partial charge on any atom is -0.352 e. The Morgan fingerprint density at radius 3 is 3.00 bits per heavy atom. The molecule has 1 aromatic carbocycles. The zero-order valence-corrected chi connectivity index (χ0v) is 13.1. The van der Waals surface area contributed by atoms with Crippen molar-refractivity contribution in [2.45, 2.75) is 25.9 Å². The van der Waals surface area contributed by atoms with Gasteiger partial charge in [-0.25, -0.2) is 4.39 Å². The lowest BCUT2D eigenvalue weighted by molar-refractivity contribution is -0.122. The van der Waals surface area contributed by atoms with Gasteiger partial charge in [-0.05, 0) is 48.0 Å². The fraction of sp³-hybridized carbons (Fsp3) is 0.235. The van der Waals surface area contributed by atoms with Crippen LogP contribution in [0.4, 0.5) is 4.39 Å². The van der Waals surface area contributed by atoms with E-state index in [2.05, 4.69) is 11.4 Å². The predicted octanol–water partition coefficient (Wildman–Crippen LogP) is 3.59. The Morgan fingerprint density at radius 2 is 2.23 bits per heavy atom. The van der Waals surface area contributed by atoms with E-state index in [1.807, 2.05) is 30.6 Å². The first-order valence-electron chi connectivity index (χ1n) is 7.18. The average Bonchev–Trinajstić information content (AvgIpc) is 3.09. The van der Waals surface area contributed by atoms with Gasteiger partial charge in [0.2, 0.25) is 5.91 Å². The number of thiophene rings is 1. The fourth-order valence-electron chi connectivity index (χ4n) is 2.55. The number of hydrogen-bond acceptors (Lipinski definition) is 2. The molecule has 1 N–H and O–H groups in total. The number of hydrogen-bond donors (Lipinski definition) is 1. The summed E-state index contributed by atoms with van der Waals surface area (Å²) in [6, 6.07) is 10.6. The quantitative estimate of drug-likeness (QED) is 0.767. The van der Waals surface area contributed by atoms with E-state index in [4.69, 9.17) is 0 Å². The van der Waals surface area contributed by atoms with Crippen molar-refractivity contribution in [2.75, 3.05) is 0 Å². The molecule has 0 radical (unpaired) electrons. The molecule has 2 aromatic heterocycles.